The maximum atomic E-state index is 12.7. The third kappa shape index (κ3) is 7.24. The molecule has 0 saturated heterocycles. The largest absolute Gasteiger partial charge is 0.321 e. The Morgan fingerprint density at radius 1 is 0.853 bits per heavy atom. The van der Waals surface area contributed by atoms with E-state index >= 15 is 0 Å². The molecule has 0 bridgehead atoms. The topological polar surface area (TPSA) is 92.3 Å². The monoisotopic (exact) mass is 492 g/mol. The van der Waals surface area contributed by atoms with Crippen molar-refractivity contribution in [1.82, 2.24) is 4.72 Å². The fraction of sp³-hybridized carbons (Fsp3) is 0.154. The first-order valence-corrected chi connectivity index (χ1v) is 13.2. The average Bonchev–Trinajstić information content (AvgIpc) is 2.84. The van der Waals surface area contributed by atoms with Crippen molar-refractivity contribution < 1.29 is 18.0 Å². The molecule has 34 heavy (non-hydrogen) atoms. The van der Waals surface area contributed by atoms with Crippen LogP contribution < -0.4 is 10.0 Å². The lowest BCUT2D eigenvalue weighted by Crippen LogP contribution is -2.32. The highest BCUT2D eigenvalue weighted by molar-refractivity contribution is 8.00. The number of sulfonamides is 1. The van der Waals surface area contributed by atoms with Crippen molar-refractivity contribution in [2.45, 2.75) is 18.2 Å². The molecule has 174 valence electrons. The van der Waals surface area contributed by atoms with Crippen LogP contribution in [0.15, 0.2) is 83.8 Å². The summed E-state index contributed by atoms with van der Waals surface area (Å²) in [7, 11) is -4.14. The number of nitrogens with one attached hydrogen (secondary N) is 2. The number of hydrogen-bond acceptors (Lipinski definition) is 5. The molecule has 2 amide bonds. The van der Waals surface area contributed by atoms with Crippen molar-refractivity contribution >= 4 is 39.3 Å². The molecule has 0 aliphatic rings. The van der Waals surface area contributed by atoms with Gasteiger partial charge in [-0.25, -0.2) is 13.1 Å². The van der Waals surface area contributed by atoms with Gasteiger partial charge in [-0.05, 0) is 60.7 Å². The Kier molecular flexibility index (Phi) is 8.91. The first-order valence-electron chi connectivity index (χ1n) is 10.6. The highest BCUT2D eigenvalue weighted by Gasteiger charge is 2.22. The van der Waals surface area contributed by atoms with Gasteiger partial charge in [0.25, 0.3) is 15.9 Å². The van der Waals surface area contributed by atoms with Crippen molar-refractivity contribution in [3.63, 3.8) is 0 Å². The van der Waals surface area contributed by atoms with E-state index in [1.807, 2.05) is 37.3 Å². The zero-order valence-electron chi connectivity index (χ0n) is 18.6. The number of para-hydroxylation sites is 1. The van der Waals surface area contributed by atoms with Gasteiger partial charge in [-0.2, -0.15) is 11.8 Å². The Morgan fingerprint density at radius 2 is 1.47 bits per heavy atom. The molecule has 0 saturated carbocycles. The van der Waals surface area contributed by atoms with Gasteiger partial charge in [0.1, 0.15) is 4.90 Å². The highest BCUT2D eigenvalue weighted by atomic mass is 32.2. The summed E-state index contributed by atoms with van der Waals surface area (Å²) in [6, 6.07) is 22.2. The van der Waals surface area contributed by atoms with Crippen LogP contribution in [-0.2, 0) is 14.8 Å². The summed E-state index contributed by atoms with van der Waals surface area (Å²) in [4.78, 5) is 24.6. The average molecular weight is 493 g/mol. The normalized spacial score (nSPS) is 10.6. The van der Waals surface area contributed by atoms with Crippen LogP contribution in [0.25, 0.3) is 0 Å². The van der Waals surface area contributed by atoms with E-state index in [-0.39, 0.29) is 16.3 Å². The van der Waals surface area contributed by atoms with Crippen LogP contribution in [0.5, 0.6) is 0 Å². The molecule has 0 fully saturated rings. The second-order valence-corrected chi connectivity index (χ2v) is 9.98. The SMILES string of the molecule is CCCSCC(=O)NS(=O)(=O)c1ccccc1NC(=O)c1ccc(C#Cc2ccccc2)cc1. The van der Waals surface area contributed by atoms with Crippen molar-refractivity contribution in [1.29, 1.82) is 0 Å². The summed E-state index contributed by atoms with van der Waals surface area (Å²) >= 11 is 1.36. The molecule has 0 unspecified atom stereocenters. The molecule has 3 aromatic carbocycles. The Labute approximate surface area is 204 Å². The molecule has 2 N–H and O–H groups in total. The van der Waals surface area contributed by atoms with Crippen LogP contribution in [0.1, 0.15) is 34.8 Å². The molecular weight excluding hydrogens is 468 g/mol. The lowest BCUT2D eigenvalue weighted by molar-refractivity contribution is -0.116. The smallest absolute Gasteiger partial charge is 0.266 e. The predicted octanol–water partition coefficient (Wildman–Crippen LogP) is 4.29. The molecule has 0 aromatic heterocycles. The summed E-state index contributed by atoms with van der Waals surface area (Å²) in [5, 5.41) is 2.63. The van der Waals surface area contributed by atoms with E-state index in [4.69, 9.17) is 0 Å². The third-order valence-electron chi connectivity index (χ3n) is 4.53. The predicted molar refractivity (Wildman–Crippen MR) is 136 cm³/mol. The summed E-state index contributed by atoms with van der Waals surface area (Å²) in [5.74, 6) is 5.81. The van der Waals surface area contributed by atoms with Gasteiger partial charge in [-0.1, -0.05) is 49.1 Å². The number of benzene rings is 3. The van der Waals surface area contributed by atoms with E-state index < -0.39 is 21.8 Å². The van der Waals surface area contributed by atoms with Gasteiger partial charge in [-0.3, -0.25) is 9.59 Å². The Hall–Kier alpha value is -3.54. The molecule has 0 heterocycles. The van der Waals surface area contributed by atoms with Gasteiger partial charge in [0.05, 0.1) is 11.4 Å². The molecule has 0 aliphatic carbocycles. The van der Waals surface area contributed by atoms with Crippen LogP contribution in [0.2, 0.25) is 0 Å². The summed E-state index contributed by atoms with van der Waals surface area (Å²) < 4.78 is 27.5. The highest BCUT2D eigenvalue weighted by Crippen LogP contribution is 2.22. The lowest BCUT2D eigenvalue weighted by Gasteiger charge is -2.12. The minimum atomic E-state index is -4.14. The first-order chi connectivity index (χ1) is 16.4. The lowest BCUT2D eigenvalue weighted by atomic mass is 10.1. The Morgan fingerprint density at radius 3 is 2.15 bits per heavy atom. The number of hydrogen-bond donors (Lipinski definition) is 2. The molecule has 3 aromatic rings. The maximum absolute atomic E-state index is 12.7. The number of carbonyl (C=O) groups excluding carboxylic acids is 2. The van der Waals surface area contributed by atoms with E-state index in [0.29, 0.717) is 5.56 Å². The Bertz CT molecular complexity index is 1310. The van der Waals surface area contributed by atoms with E-state index in [1.165, 1.54) is 30.0 Å². The van der Waals surface area contributed by atoms with E-state index in [0.717, 1.165) is 23.3 Å². The van der Waals surface area contributed by atoms with Crippen molar-refractivity contribution in [3.8, 4) is 11.8 Å². The van der Waals surface area contributed by atoms with E-state index in [1.54, 1.807) is 30.3 Å². The second-order valence-electron chi connectivity index (χ2n) is 7.22. The number of amides is 2. The molecule has 6 nitrogen and oxygen atoms in total. The second kappa shape index (κ2) is 12.1. The molecule has 8 heteroatoms. The molecule has 0 atom stereocenters. The van der Waals surface area contributed by atoms with Crippen LogP contribution in [0.4, 0.5) is 5.69 Å². The number of thioether (sulfide) groups is 1. The standard InChI is InChI=1S/C26H24N2O4S2/c1-2-18-33-19-25(29)28-34(31,32)24-11-7-6-10-23(24)27-26(30)22-16-14-21(15-17-22)13-12-20-8-4-3-5-9-20/h3-11,14-17H,2,18-19H2,1H3,(H,27,30)(H,28,29). The van der Waals surface area contributed by atoms with E-state index in [2.05, 4.69) is 21.9 Å². The number of anilines is 1. The minimum absolute atomic E-state index is 0.0428. The van der Waals surface area contributed by atoms with E-state index in [9.17, 15) is 18.0 Å². The molecule has 3 rings (SSSR count). The summed E-state index contributed by atoms with van der Waals surface area (Å²) in [5.41, 5.74) is 2.06. The van der Waals surface area contributed by atoms with Crippen LogP contribution in [0.3, 0.4) is 0 Å². The minimum Gasteiger partial charge on any atom is -0.321 e. The van der Waals surface area contributed by atoms with Gasteiger partial charge < -0.3 is 5.32 Å². The zero-order valence-corrected chi connectivity index (χ0v) is 20.2. The van der Waals surface area contributed by atoms with Crippen molar-refractivity contribution in [3.05, 3.63) is 95.6 Å². The fourth-order valence-corrected chi connectivity index (χ4v) is 4.84. The van der Waals surface area contributed by atoms with Crippen molar-refractivity contribution in [2.75, 3.05) is 16.8 Å². The summed E-state index contributed by atoms with van der Waals surface area (Å²) in [6.07, 6.45) is 0.889. The fourth-order valence-electron chi connectivity index (χ4n) is 2.91. The molecule has 0 spiro atoms. The van der Waals surface area contributed by atoms with Gasteiger partial charge in [0, 0.05) is 16.7 Å². The molecule has 0 aliphatic heterocycles. The van der Waals surface area contributed by atoms with Gasteiger partial charge >= 0.3 is 0 Å². The van der Waals surface area contributed by atoms with Crippen LogP contribution in [0, 0.1) is 11.8 Å². The quantitative estimate of drug-likeness (QED) is 0.362. The molecular formula is C26H24N2O4S2. The van der Waals surface area contributed by atoms with Crippen molar-refractivity contribution in [2.24, 2.45) is 0 Å². The third-order valence-corrected chi connectivity index (χ3v) is 7.12. The molecule has 0 radical (unpaired) electrons. The van der Waals surface area contributed by atoms with Crippen LogP contribution >= 0.6 is 11.8 Å². The Balaban J connectivity index is 1.71. The van der Waals surface area contributed by atoms with Crippen LogP contribution in [-0.4, -0.2) is 31.7 Å². The zero-order chi connectivity index (χ0) is 24.4. The first kappa shape index (κ1) is 25.1. The maximum Gasteiger partial charge on any atom is 0.266 e. The van der Waals surface area contributed by atoms with Gasteiger partial charge in [-0.15, -0.1) is 0 Å². The number of carbonyl (C=O) groups is 2. The van der Waals surface area contributed by atoms with Gasteiger partial charge in [0.2, 0.25) is 5.91 Å². The number of rotatable bonds is 8. The van der Waals surface area contributed by atoms with Gasteiger partial charge in [0.15, 0.2) is 0 Å². The summed E-state index contributed by atoms with van der Waals surface area (Å²) in [6.45, 7) is 1.98.